The van der Waals surface area contributed by atoms with E-state index in [0.717, 1.165) is 23.9 Å². The summed E-state index contributed by atoms with van der Waals surface area (Å²) in [6.07, 6.45) is 5.92. The molecule has 0 aromatic heterocycles. The van der Waals surface area contributed by atoms with E-state index in [9.17, 15) is 0 Å². The van der Waals surface area contributed by atoms with Crippen molar-refractivity contribution in [2.24, 2.45) is 5.92 Å². The van der Waals surface area contributed by atoms with Gasteiger partial charge in [0, 0.05) is 17.3 Å². The lowest BCUT2D eigenvalue weighted by Gasteiger charge is -2.35. The molecule has 0 unspecified atom stereocenters. The number of halogens is 1. The van der Waals surface area contributed by atoms with Crippen LogP contribution in [0.5, 0.6) is 0 Å². The molecule has 2 aromatic carbocycles. The topological polar surface area (TPSA) is 3.24 Å². The van der Waals surface area contributed by atoms with Crippen LogP contribution in [-0.2, 0) is 6.42 Å². The van der Waals surface area contributed by atoms with Crippen molar-refractivity contribution in [1.82, 2.24) is 0 Å². The summed E-state index contributed by atoms with van der Waals surface area (Å²) in [7, 11) is 0. The normalized spacial score (nSPS) is 12.4. The molecule has 0 aliphatic heterocycles. The van der Waals surface area contributed by atoms with E-state index in [-0.39, 0.29) is 0 Å². The highest BCUT2D eigenvalue weighted by Gasteiger charge is 2.20. The van der Waals surface area contributed by atoms with Gasteiger partial charge in [0.25, 0.3) is 0 Å². The van der Waals surface area contributed by atoms with Crippen molar-refractivity contribution < 1.29 is 0 Å². The zero-order valence-corrected chi connectivity index (χ0v) is 18.5. The van der Waals surface area contributed by atoms with Gasteiger partial charge in [-0.05, 0) is 73.4 Å². The Balaban J connectivity index is 2.32. The van der Waals surface area contributed by atoms with Crippen LogP contribution >= 0.6 is 11.6 Å². The van der Waals surface area contributed by atoms with E-state index in [1.807, 2.05) is 12.1 Å². The molecule has 0 aliphatic rings. The zero-order chi connectivity index (χ0) is 19.8. The van der Waals surface area contributed by atoms with E-state index >= 15 is 0 Å². The Morgan fingerprint density at radius 2 is 1.70 bits per heavy atom. The zero-order valence-electron chi connectivity index (χ0n) is 17.8. The van der Waals surface area contributed by atoms with Gasteiger partial charge in [0.15, 0.2) is 0 Å². The molecule has 1 nitrogen and oxygen atoms in total. The predicted octanol–water partition coefficient (Wildman–Crippen LogP) is 7.99. The smallest absolute Gasteiger partial charge is 0.0539 e. The number of benzene rings is 2. The fourth-order valence-corrected chi connectivity index (χ4v) is 3.87. The Morgan fingerprint density at radius 1 is 1.00 bits per heavy atom. The summed E-state index contributed by atoms with van der Waals surface area (Å²) in [5.41, 5.74) is 5.57. The summed E-state index contributed by atoms with van der Waals surface area (Å²) in [4.78, 5) is 2.61. The van der Waals surface area contributed by atoms with Crippen LogP contribution < -0.4 is 4.90 Å². The number of unbranched alkanes of at least 4 members (excludes halogenated alkanes) is 1. The lowest BCUT2D eigenvalue weighted by Crippen LogP contribution is -2.30. The molecular formula is C25H36ClN. The lowest BCUT2D eigenvalue weighted by molar-refractivity contribution is 0.580. The van der Waals surface area contributed by atoms with Gasteiger partial charge >= 0.3 is 0 Å². The van der Waals surface area contributed by atoms with Gasteiger partial charge in [-0.15, -0.1) is 0 Å². The minimum Gasteiger partial charge on any atom is -0.364 e. The van der Waals surface area contributed by atoms with E-state index in [2.05, 4.69) is 69.9 Å². The molecule has 0 radical (unpaired) electrons. The van der Waals surface area contributed by atoms with E-state index in [0.29, 0.717) is 6.04 Å². The number of hydrogen-bond acceptors (Lipinski definition) is 1. The van der Waals surface area contributed by atoms with E-state index in [1.165, 1.54) is 48.1 Å². The molecular weight excluding hydrogens is 350 g/mol. The fourth-order valence-electron chi connectivity index (χ4n) is 3.74. The van der Waals surface area contributed by atoms with E-state index in [4.69, 9.17) is 11.6 Å². The highest BCUT2D eigenvalue weighted by atomic mass is 35.5. The summed E-state index contributed by atoms with van der Waals surface area (Å²) in [5.74, 6) is 0.750. The molecule has 0 aliphatic carbocycles. The van der Waals surface area contributed by atoms with Crippen molar-refractivity contribution >= 4 is 17.3 Å². The van der Waals surface area contributed by atoms with Gasteiger partial charge in [-0.3, -0.25) is 0 Å². The highest BCUT2D eigenvalue weighted by molar-refractivity contribution is 6.30. The maximum absolute atomic E-state index is 6.12. The summed E-state index contributed by atoms with van der Waals surface area (Å²) >= 11 is 6.12. The number of hydrogen-bond donors (Lipinski definition) is 0. The van der Waals surface area contributed by atoms with Crippen LogP contribution in [0.3, 0.4) is 0 Å². The minimum absolute atomic E-state index is 0.383. The van der Waals surface area contributed by atoms with Gasteiger partial charge in [-0.25, -0.2) is 0 Å². The van der Waals surface area contributed by atoms with Crippen molar-refractivity contribution in [3.63, 3.8) is 0 Å². The van der Waals surface area contributed by atoms with Crippen molar-refractivity contribution in [2.45, 2.75) is 72.8 Å². The van der Waals surface area contributed by atoms with Crippen LogP contribution in [0.25, 0.3) is 0 Å². The minimum atomic E-state index is 0.383. The summed E-state index contributed by atoms with van der Waals surface area (Å²) in [5, 5.41) is 0.805. The average Bonchev–Trinajstić information content (AvgIpc) is 2.65. The molecule has 2 aromatic rings. The van der Waals surface area contributed by atoms with Crippen LogP contribution in [0.15, 0.2) is 42.5 Å². The van der Waals surface area contributed by atoms with Crippen molar-refractivity contribution in [3.8, 4) is 0 Å². The maximum atomic E-state index is 6.12. The first kappa shape index (κ1) is 21.8. The maximum Gasteiger partial charge on any atom is 0.0539 e. The quantitative estimate of drug-likeness (QED) is 0.400. The molecule has 2 rings (SSSR count). The standard InChI is InChI=1S/C25H36ClN/c1-6-8-17-27(24(7-2)22-12-14-23(26)15-13-22)25-16-11-21(18-20(25)5)10-9-19(3)4/h11-16,18-19,24H,6-10,17H2,1-5H3/t24-/m0/s1. The predicted molar refractivity (Wildman–Crippen MR) is 121 cm³/mol. The fraction of sp³-hybridized carbons (Fsp3) is 0.520. The van der Waals surface area contributed by atoms with Gasteiger partial charge in [0.1, 0.15) is 0 Å². The SMILES string of the molecule is CCCCN(c1ccc(CCC(C)C)cc1C)[C@@H](CC)c1ccc(Cl)cc1. The van der Waals surface area contributed by atoms with Gasteiger partial charge in [0.05, 0.1) is 6.04 Å². The van der Waals surface area contributed by atoms with Gasteiger partial charge in [0.2, 0.25) is 0 Å². The van der Waals surface area contributed by atoms with Gasteiger partial charge < -0.3 is 4.90 Å². The first-order valence-electron chi connectivity index (χ1n) is 10.6. The molecule has 0 bridgehead atoms. The van der Waals surface area contributed by atoms with Crippen molar-refractivity contribution in [2.75, 3.05) is 11.4 Å². The second-order valence-corrected chi connectivity index (χ2v) is 8.51. The Kier molecular flexibility index (Phi) is 8.70. The summed E-state index contributed by atoms with van der Waals surface area (Å²) in [6.45, 7) is 12.5. The Hall–Kier alpha value is -1.47. The summed E-state index contributed by atoms with van der Waals surface area (Å²) < 4.78 is 0. The lowest BCUT2D eigenvalue weighted by atomic mass is 9.97. The second kappa shape index (κ2) is 10.8. The van der Waals surface area contributed by atoms with E-state index < -0.39 is 0 Å². The third kappa shape index (κ3) is 6.28. The van der Waals surface area contributed by atoms with Crippen molar-refractivity contribution in [3.05, 3.63) is 64.2 Å². The van der Waals surface area contributed by atoms with Crippen LogP contribution in [-0.4, -0.2) is 6.54 Å². The van der Waals surface area contributed by atoms with Crippen LogP contribution in [0, 0.1) is 12.8 Å². The van der Waals surface area contributed by atoms with Gasteiger partial charge in [-0.2, -0.15) is 0 Å². The molecule has 27 heavy (non-hydrogen) atoms. The van der Waals surface area contributed by atoms with Crippen LogP contribution in [0.4, 0.5) is 5.69 Å². The number of anilines is 1. The largest absolute Gasteiger partial charge is 0.364 e. The number of nitrogens with zero attached hydrogens (tertiary/aromatic N) is 1. The Bertz CT molecular complexity index is 690. The average molecular weight is 386 g/mol. The Labute approximate surface area is 171 Å². The third-order valence-corrected chi connectivity index (χ3v) is 5.60. The highest BCUT2D eigenvalue weighted by Crippen LogP contribution is 2.33. The Morgan fingerprint density at radius 3 is 2.26 bits per heavy atom. The number of aryl methyl sites for hydroxylation is 2. The third-order valence-electron chi connectivity index (χ3n) is 5.35. The molecule has 0 spiro atoms. The molecule has 0 amide bonds. The molecule has 0 heterocycles. The molecule has 148 valence electrons. The molecule has 2 heteroatoms. The van der Waals surface area contributed by atoms with Gasteiger partial charge in [-0.1, -0.05) is 70.0 Å². The molecule has 0 N–H and O–H groups in total. The number of rotatable bonds is 10. The van der Waals surface area contributed by atoms with Crippen LogP contribution in [0.1, 0.15) is 76.1 Å². The van der Waals surface area contributed by atoms with E-state index in [1.54, 1.807) is 0 Å². The molecule has 0 fully saturated rings. The van der Waals surface area contributed by atoms with Crippen molar-refractivity contribution in [1.29, 1.82) is 0 Å². The monoisotopic (exact) mass is 385 g/mol. The second-order valence-electron chi connectivity index (χ2n) is 8.08. The first-order valence-corrected chi connectivity index (χ1v) is 11.0. The van der Waals surface area contributed by atoms with Crippen LogP contribution in [0.2, 0.25) is 5.02 Å². The summed E-state index contributed by atoms with van der Waals surface area (Å²) in [6, 6.07) is 15.8. The molecule has 0 saturated heterocycles. The molecule has 1 atom stereocenters. The first-order chi connectivity index (χ1) is 13.0. The molecule has 0 saturated carbocycles.